The molecule has 2 rings (SSSR count). The van der Waals surface area contributed by atoms with Gasteiger partial charge in [0.2, 0.25) is 0 Å². The van der Waals surface area contributed by atoms with Crippen LogP contribution >= 0.6 is 0 Å². The maximum Gasteiger partial charge on any atom is 0.194 e. The average Bonchev–Trinajstić information content (AvgIpc) is 2.93. The van der Waals surface area contributed by atoms with E-state index in [0.717, 1.165) is 0 Å². The fourth-order valence-corrected chi connectivity index (χ4v) is 0.958. The molecule has 0 amide bonds. The van der Waals surface area contributed by atoms with Crippen molar-refractivity contribution in [2.24, 2.45) is 0 Å². The fourth-order valence-electron chi connectivity index (χ4n) is 0.958. The highest BCUT2D eigenvalue weighted by Crippen LogP contribution is 1.99. The van der Waals surface area contributed by atoms with Crippen molar-refractivity contribution < 1.29 is 18.4 Å². The monoisotopic (exact) mass is 220 g/mol. The Morgan fingerprint density at radius 2 is 1.25 bits per heavy atom. The van der Waals surface area contributed by atoms with Crippen LogP contribution < -0.4 is 0 Å². The molecule has 4 heteroatoms. The molecular formula is C12H12O4. The Kier molecular flexibility index (Phi) is 4.27. The lowest BCUT2D eigenvalue weighted by molar-refractivity contribution is 0.0979. The van der Waals surface area contributed by atoms with Crippen LogP contribution in [0.3, 0.4) is 0 Å². The van der Waals surface area contributed by atoms with Gasteiger partial charge >= 0.3 is 0 Å². The number of carbonyl (C=O) groups is 2. The summed E-state index contributed by atoms with van der Waals surface area (Å²) in [6.07, 6.45) is 2.97. The Hall–Kier alpha value is -2.10. The van der Waals surface area contributed by atoms with E-state index in [1.54, 1.807) is 24.3 Å². The summed E-state index contributed by atoms with van der Waals surface area (Å²) < 4.78 is 9.49. The molecule has 0 aromatic carbocycles. The lowest BCUT2D eigenvalue weighted by Crippen LogP contribution is -1.85. The summed E-state index contributed by atoms with van der Waals surface area (Å²) >= 11 is 0. The van der Waals surface area contributed by atoms with E-state index in [4.69, 9.17) is 8.83 Å². The molecule has 0 saturated heterocycles. The minimum atomic E-state index is -0.0324. The minimum Gasteiger partial charge on any atom is -0.461 e. The van der Waals surface area contributed by atoms with Gasteiger partial charge in [0.15, 0.2) is 23.1 Å². The maximum absolute atomic E-state index is 10.4. The molecule has 0 aliphatic rings. The smallest absolute Gasteiger partial charge is 0.194 e. The molecular weight excluding hydrogens is 208 g/mol. The largest absolute Gasteiger partial charge is 0.461 e. The topological polar surface area (TPSA) is 60.4 Å². The highest BCUT2D eigenvalue weighted by atomic mass is 16.3. The second-order valence-electron chi connectivity index (χ2n) is 3.07. The number of Topliss-reactive ketones (excluding diaryl/α,β-unsaturated/α-hetero) is 2. The van der Waals surface area contributed by atoms with Gasteiger partial charge in [-0.25, -0.2) is 0 Å². The molecule has 16 heavy (non-hydrogen) atoms. The van der Waals surface area contributed by atoms with Crippen LogP contribution in [0.25, 0.3) is 0 Å². The van der Waals surface area contributed by atoms with Crippen molar-refractivity contribution in [3.05, 3.63) is 48.3 Å². The van der Waals surface area contributed by atoms with Crippen molar-refractivity contribution in [3.8, 4) is 0 Å². The van der Waals surface area contributed by atoms with Crippen LogP contribution in [0.4, 0.5) is 0 Å². The molecule has 2 aromatic heterocycles. The molecule has 2 aromatic rings. The molecule has 0 radical (unpaired) electrons. The van der Waals surface area contributed by atoms with Crippen LogP contribution in [0.1, 0.15) is 35.0 Å². The number of hydrogen-bond acceptors (Lipinski definition) is 4. The molecule has 84 valence electrons. The van der Waals surface area contributed by atoms with Crippen LogP contribution in [0.2, 0.25) is 0 Å². The first-order valence-corrected chi connectivity index (χ1v) is 4.70. The first-order chi connectivity index (χ1) is 7.61. The second-order valence-corrected chi connectivity index (χ2v) is 3.07. The summed E-state index contributed by atoms with van der Waals surface area (Å²) in [4.78, 5) is 20.8. The number of hydrogen-bond donors (Lipinski definition) is 0. The van der Waals surface area contributed by atoms with E-state index in [0.29, 0.717) is 11.5 Å². The standard InChI is InChI=1S/2C6H6O2/c2*1-5(7)6-3-2-4-8-6/h2*2-4H,1H3. The Morgan fingerprint density at radius 3 is 1.38 bits per heavy atom. The highest BCUT2D eigenvalue weighted by molar-refractivity contribution is 5.91. The first-order valence-electron chi connectivity index (χ1n) is 4.70. The Labute approximate surface area is 92.9 Å². The molecule has 0 spiro atoms. The quantitative estimate of drug-likeness (QED) is 0.730. The third-order valence-corrected chi connectivity index (χ3v) is 1.74. The first kappa shape index (κ1) is 12.0. The van der Waals surface area contributed by atoms with E-state index >= 15 is 0 Å². The molecule has 0 aliphatic carbocycles. The van der Waals surface area contributed by atoms with Crippen molar-refractivity contribution >= 4 is 11.6 Å². The summed E-state index contributed by atoms with van der Waals surface area (Å²) in [6.45, 7) is 2.94. The predicted molar refractivity (Wildman–Crippen MR) is 57.4 cm³/mol. The van der Waals surface area contributed by atoms with Crippen LogP contribution in [-0.2, 0) is 0 Å². The van der Waals surface area contributed by atoms with E-state index in [9.17, 15) is 9.59 Å². The van der Waals surface area contributed by atoms with E-state index in [-0.39, 0.29) is 11.6 Å². The van der Waals surface area contributed by atoms with Gasteiger partial charge in [0.05, 0.1) is 12.5 Å². The number of rotatable bonds is 2. The van der Waals surface area contributed by atoms with Crippen LogP contribution in [0.5, 0.6) is 0 Å². The van der Waals surface area contributed by atoms with Gasteiger partial charge in [-0.15, -0.1) is 0 Å². The van der Waals surface area contributed by atoms with Crippen molar-refractivity contribution in [1.82, 2.24) is 0 Å². The van der Waals surface area contributed by atoms with Gasteiger partial charge in [-0.05, 0) is 24.3 Å². The average molecular weight is 220 g/mol. The molecule has 0 N–H and O–H groups in total. The number of ketones is 2. The van der Waals surface area contributed by atoms with Crippen LogP contribution in [-0.4, -0.2) is 11.6 Å². The fraction of sp³-hybridized carbons (Fsp3) is 0.167. The number of carbonyl (C=O) groups excluding carboxylic acids is 2. The third kappa shape index (κ3) is 3.57. The van der Waals surface area contributed by atoms with E-state index in [1.807, 2.05) is 0 Å². The highest BCUT2D eigenvalue weighted by Gasteiger charge is 1.98. The van der Waals surface area contributed by atoms with E-state index in [2.05, 4.69) is 0 Å². The molecule has 0 unspecified atom stereocenters. The second kappa shape index (κ2) is 5.70. The predicted octanol–water partition coefficient (Wildman–Crippen LogP) is 2.96. The van der Waals surface area contributed by atoms with Crippen LogP contribution in [0.15, 0.2) is 45.6 Å². The van der Waals surface area contributed by atoms with Crippen molar-refractivity contribution in [3.63, 3.8) is 0 Å². The van der Waals surface area contributed by atoms with Crippen molar-refractivity contribution in [2.75, 3.05) is 0 Å². The lowest BCUT2D eigenvalue weighted by Gasteiger charge is -1.80. The summed E-state index contributed by atoms with van der Waals surface area (Å²) in [5.74, 6) is 0.778. The van der Waals surface area contributed by atoms with Crippen LogP contribution in [0, 0.1) is 0 Å². The molecule has 0 bridgehead atoms. The zero-order valence-corrected chi connectivity index (χ0v) is 9.10. The van der Waals surface area contributed by atoms with Gasteiger partial charge in [0.25, 0.3) is 0 Å². The van der Waals surface area contributed by atoms with Gasteiger partial charge < -0.3 is 8.83 Å². The zero-order chi connectivity index (χ0) is 12.0. The third-order valence-electron chi connectivity index (χ3n) is 1.74. The molecule has 0 aliphatic heterocycles. The normalized spacial score (nSPS) is 9.12. The SMILES string of the molecule is CC(=O)c1ccco1.CC(=O)c1ccco1. The molecule has 0 atom stereocenters. The van der Waals surface area contributed by atoms with Gasteiger partial charge in [-0.2, -0.15) is 0 Å². The van der Waals surface area contributed by atoms with Gasteiger partial charge in [-0.1, -0.05) is 0 Å². The molecule has 0 fully saturated rings. The van der Waals surface area contributed by atoms with E-state index < -0.39 is 0 Å². The van der Waals surface area contributed by atoms with Gasteiger partial charge in [-0.3, -0.25) is 9.59 Å². The summed E-state index contributed by atoms with van der Waals surface area (Å²) in [7, 11) is 0. The van der Waals surface area contributed by atoms with Crippen molar-refractivity contribution in [1.29, 1.82) is 0 Å². The van der Waals surface area contributed by atoms with Gasteiger partial charge in [0.1, 0.15) is 0 Å². The lowest BCUT2D eigenvalue weighted by atomic mass is 10.3. The summed E-state index contributed by atoms with van der Waals surface area (Å²) in [5.41, 5.74) is 0. The maximum atomic E-state index is 10.4. The van der Waals surface area contributed by atoms with Crippen molar-refractivity contribution in [2.45, 2.75) is 13.8 Å². The summed E-state index contributed by atoms with van der Waals surface area (Å²) in [6, 6.07) is 6.66. The minimum absolute atomic E-state index is 0.0324. The zero-order valence-electron chi connectivity index (χ0n) is 9.10. The molecule has 4 nitrogen and oxygen atoms in total. The molecule has 0 saturated carbocycles. The number of furan rings is 2. The Bertz CT molecular complexity index is 393. The Morgan fingerprint density at radius 1 is 0.875 bits per heavy atom. The Balaban J connectivity index is 0.000000160. The molecule has 2 heterocycles. The van der Waals surface area contributed by atoms with Gasteiger partial charge in [0, 0.05) is 13.8 Å². The van der Waals surface area contributed by atoms with E-state index in [1.165, 1.54) is 26.4 Å². The summed E-state index contributed by atoms with van der Waals surface area (Å²) in [5, 5.41) is 0.